The van der Waals surface area contributed by atoms with Gasteiger partial charge < -0.3 is 0 Å². The first-order chi connectivity index (χ1) is 7.84. The molecule has 0 aliphatic carbocycles. The lowest BCUT2D eigenvalue weighted by Crippen LogP contribution is -2.22. The van der Waals surface area contributed by atoms with Gasteiger partial charge in [-0.25, -0.2) is 4.39 Å². The van der Waals surface area contributed by atoms with Gasteiger partial charge in [0.1, 0.15) is 11.6 Å². The van der Waals surface area contributed by atoms with Crippen molar-refractivity contribution < 1.29 is 9.18 Å². The highest BCUT2D eigenvalue weighted by Gasteiger charge is 2.24. The number of Topliss-reactive ketones (excluding diaryl/α,β-unsaturated/α-hetero) is 1. The highest BCUT2D eigenvalue weighted by molar-refractivity contribution is 5.84. The zero-order valence-corrected chi connectivity index (χ0v) is 11.0. The zero-order valence-electron chi connectivity index (χ0n) is 11.0. The molecule has 0 amide bonds. The van der Waals surface area contributed by atoms with Crippen molar-refractivity contribution in [3.8, 4) is 0 Å². The van der Waals surface area contributed by atoms with Crippen molar-refractivity contribution >= 4 is 5.78 Å². The molecule has 2 heteroatoms. The summed E-state index contributed by atoms with van der Waals surface area (Å²) >= 11 is 0. The van der Waals surface area contributed by atoms with Gasteiger partial charge in [0, 0.05) is 11.8 Å². The number of carbonyl (C=O) groups is 1. The molecule has 1 aromatic carbocycles. The fourth-order valence-electron chi connectivity index (χ4n) is 1.64. The topological polar surface area (TPSA) is 17.1 Å². The van der Waals surface area contributed by atoms with Gasteiger partial charge in [-0.1, -0.05) is 39.8 Å². The molecule has 93 valence electrons. The molecule has 1 atom stereocenters. The average molecular weight is 235 g/mol. The minimum absolute atomic E-state index is 0.0716. The second-order valence-electron chi connectivity index (χ2n) is 5.37. The Kier molecular flexibility index (Phi) is 4.44. The molecular formula is C15H20FO. The van der Waals surface area contributed by atoms with Crippen molar-refractivity contribution in [2.24, 2.45) is 5.41 Å². The van der Waals surface area contributed by atoms with E-state index in [1.807, 2.05) is 34.1 Å². The van der Waals surface area contributed by atoms with Gasteiger partial charge in [0.15, 0.2) is 0 Å². The van der Waals surface area contributed by atoms with Crippen molar-refractivity contribution in [1.82, 2.24) is 0 Å². The second kappa shape index (κ2) is 5.44. The number of halogens is 1. The molecular weight excluding hydrogens is 215 g/mol. The van der Waals surface area contributed by atoms with E-state index in [0.29, 0.717) is 6.42 Å². The Labute approximate surface area is 103 Å². The molecule has 0 spiro atoms. The SMILES string of the molecule is C[CH]C(CC(=O)C(C)(C)C)c1ccc(F)cc1. The van der Waals surface area contributed by atoms with E-state index >= 15 is 0 Å². The Hall–Kier alpha value is -1.18. The van der Waals surface area contributed by atoms with Crippen LogP contribution in [0.4, 0.5) is 4.39 Å². The molecule has 0 aromatic heterocycles. The first kappa shape index (κ1) is 13.9. The summed E-state index contributed by atoms with van der Waals surface area (Å²) in [6, 6.07) is 6.37. The van der Waals surface area contributed by atoms with Gasteiger partial charge in [-0.05, 0) is 30.0 Å². The summed E-state index contributed by atoms with van der Waals surface area (Å²) < 4.78 is 12.8. The largest absolute Gasteiger partial charge is 0.299 e. The summed E-state index contributed by atoms with van der Waals surface area (Å²) in [6.45, 7) is 7.70. The van der Waals surface area contributed by atoms with Gasteiger partial charge in [-0.2, -0.15) is 0 Å². The molecule has 0 N–H and O–H groups in total. The first-order valence-corrected chi connectivity index (χ1v) is 5.93. The highest BCUT2D eigenvalue weighted by Crippen LogP contribution is 2.28. The third kappa shape index (κ3) is 3.95. The normalized spacial score (nSPS) is 13.5. The van der Waals surface area contributed by atoms with Crippen molar-refractivity contribution in [3.05, 3.63) is 42.1 Å². The molecule has 1 rings (SSSR count). The Morgan fingerprint density at radius 2 is 1.82 bits per heavy atom. The molecule has 0 saturated heterocycles. The number of benzene rings is 1. The van der Waals surface area contributed by atoms with Crippen LogP contribution in [-0.2, 0) is 4.79 Å². The molecule has 0 saturated carbocycles. The van der Waals surface area contributed by atoms with Crippen LogP contribution < -0.4 is 0 Å². The maximum Gasteiger partial charge on any atom is 0.138 e. The lowest BCUT2D eigenvalue weighted by molar-refractivity contribution is -0.126. The summed E-state index contributed by atoms with van der Waals surface area (Å²) in [5.74, 6) is 0.0537. The molecule has 1 aromatic rings. The van der Waals surface area contributed by atoms with Crippen LogP contribution in [-0.4, -0.2) is 5.78 Å². The van der Waals surface area contributed by atoms with Crippen molar-refractivity contribution in [3.63, 3.8) is 0 Å². The molecule has 1 nitrogen and oxygen atoms in total. The van der Waals surface area contributed by atoms with E-state index in [1.165, 1.54) is 12.1 Å². The van der Waals surface area contributed by atoms with Gasteiger partial charge in [0.2, 0.25) is 0 Å². The van der Waals surface area contributed by atoms with Gasteiger partial charge in [0.05, 0.1) is 0 Å². The van der Waals surface area contributed by atoms with Gasteiger partial charge in [0.25, 0.3) is 0 Å². The van der Waals surface area contributed by atoms with Crippen LogP contribution >= 0.6 is 0 Å². The maximum atomic E-state index is 12.8. The molecule has 0 heterocycles. The first-order valence-electron chi connectivity index (χ1n) is 5.93. The summed E-state index contributed by atoms with van der Waals surface area (Å²) in [7, 11) is 0. The fraction of sp³-hybridized carbons (Fsp3) is 0.467. The average Bonchev–Trinajstić information content (AvgIpc) is 2.25. The molecule has 0 aliphatic rings. The summed E-state index contributed by atoms with van der Waals surface area (Å²) in [4.78, 5) is 12.0. The lowest BCUT2D eigenvalue weighted by Gasteiger charge is -2.21. The van der Waals surface area contributed by atoms with Gasteiger partial charge >= 0.3 is 0 Å². The third-order valence-electron chi connectivity index (χ3n) is 2.94. The number of hydrogen-bond donors (Lipinski definition) is 0. The number of carbonyl (C=O) groups excluding carboxylic acids is 1. The lowest BCUT2D eigenvalue weighted by atomic mass is 9.82. The Balaban J connectivity index is 2.79. The van der Waals surface area contributed by atoms with Gasteiger partial charge in [-0.3, -0.25) is 4.79 Å². The van der Waals surface area contributed by atoms with Crippen LogP contribution in [0.3, 0.4) is 0 Å². The van der Waals surface area contributed by atoms with Crippen LogP contribution in [0.5, 0.6) is 0 Å². The fourth-order valence-corrected chi connectivity index (χ4v) is 1.64. The van der Waals surface area contributed by atoms with Crippen molar-refractivity contribution in [1.29, 1.82) is 0 Å². The number of hydrogen-bond acceptors (Lipinski definition) is 1. The molecule has 0 fully saturated rings. The molecule has 0 aliphatic heterocycles. The molecule has 17 heavy (non-hydrogen) atoms. The predicted octanol–water partition coefficient (Wildman–Crippen LogP) is 4.14. The Morgan fingerprint density at radius 3 is 2.24 bits per heavy atom. The summed E-state index contributed by atoms with van der Waals surface area (Å²) in [5, 5.41) is 0. The quantitative estimate of drug-likeness (QED) is 0.766. The van der Waals surface area contributed by atoms with Crippen molar-refractivity contribution in [2.75, 3.05) is 0 Å². The second-order valence-corrected chi connectivity index (χ2v) is 5.37. The standard InChI is InChI=1S/C15H20FO/c1-5-11(10-14(17)15(2,3)4)12-6-8-13(16)9-7-12/h5-9,11H,10H2,1-4H3. The van der Waals surface area contributed by atoms with E-state index < -0.39 is 0 Å². The molecule has 1 radical (unpaired) electrons. The molecule has 1 unspecified atom stereocenters. The van der Waals surface area contributed by atoms with Crippen LogP contribution in [0, 0.1) is 17.7 Å². The van der Waals surface area contributed by atoms with E-state index in [4.69, 9.17) is 0 Å². The predicted molar refractivity (Wildman–Crippen MR) is 68.2 cm³/mol. The molecule has 0 bridgehead atoms. The Morgan fingerprint density at radius 1 is 1.29 bits per heavy atom. The monoisotopic (exact) mass is 235 g/mol. The smallest absolute Gasteiger partial charge is 0.138 e. The zero-order chi connectivity index (χ0) is 13.1. The number of ketones is 1. The minimum atomic E-state index is -0.318. The van der Waals surface area contributed by atoms with Crippen LogP contribution in [0.25, 0.3) is 0 Å². The number of rotatable bonds is 4. The van der Waals surface area contributed by atoms with Crippen molar-refractivity contribution in [2.45, 2.75) is 40.0 Å². The van der Waals surface area contributed by atoms with E-state index in [1.54, 1.807) is 12.1 Å². The van der Waals surface area contributed by atoms with Crippen LogP contribution in [0.2, 0.25) is 0 Å². The van der Waals surface area contributed by atoms with E-state index in [2.05, 4.69) is 0 Å². The van der Waals surface area contributed by atoms with E-state index in [9.17, 15) is 9.18 Å². The third-order valence-corrected chi connectivity index (χ3v) is 2.94. The van der Waals surface area contributed by atoms with Crippen LogP contribution in [0.1, 0.15) is 45.6 Å². The van der Waals surface area contributed by atoms with Crippen LogP contribution in [0.15, 0.2) is 24.3 Å². The Bertz CT molecular complexity index is 373. The van der Waals surface area contributed by atoms with E-state index in [0.717, 1.165) is 5.56 Å². The van der Waals surface area contributed by atoms with E-state index in [-0.39, 0.29) is 22.9 Å². The van der Waals surface area contributed by atoms with Gasteiger partial charge in [-0.15, -0.1) is 0 Å². The summed E-state index contributed by atoms with van der Waals surface area (Å²) in [6.07, 6.45) is 2.47. The highest BCUT2D eigenvalue weighted by atomic mass is 19.1. The maximum absolute atomic E-state index is 12.8. The summed E-state index contributed by atoms with van der Waals surface area (Å²) in [5.41, 5.74) is 0.674. The minimum Gasteiger partial charge on any atom is -0.299 e.